The van der Waals surface area contributed by atoms with Gasteiger partial charge < -0.3 is 14.7 Å². The average molecular weight is 245 g/mol. The highest BCUT2D eigenvalue weighted by Gasteiger charge is 2.18. The fourth-order valence-corrected chi connectivity index (χ4v) is 1.64. The fourth-order valence-electron chi connectivity index (χ4n) is 1.64. The summed E-state index contributed by atoms with van der Waals surface area (Å²) in [6, 6.07) is 1.84. The molecule has 0 atom stereocenters. The van der Waals surface area contributed by atoms with Gasteiger partial charge in [-0.25, -0.2) is 0 Å². The van der Waals surface area contributed by atoms with Gasteiger partial charge in [-0.1, -0.05) is 5.16 Å². The Morgan fingerprint density at radius 3 is 2.83 bits per heavy atom. The van der Waals surface area contributed by atoms with Crippen molar-refractivity contribution in [2.45, 2.75) is 6.92 Å². The lowest BCUT2D eigenvalue weighted by molar-refractivity contribution is 0.429. The number of nitrogens with zero attached hydrogens (tertiary/aromatic N) is 4. The molecule has 2 N–H and O–H groups in total. The molecule has 0 radical (unpaired) electrons. The maximum absolute atomic E-state index is 5.84. The second kappa shape index (κ2) is 3.73. The first kappa shape index (κ1) is 10.6. The van der Waals surface area contributed by atoms with E-state index in [0.29, 0.717) is 28.9 Å². The van der Waals surface area contributed by atoms with Crippen molar-refractivity contribution in [2.24, 2.45) is 7.05 Å². The lowest BCUT2D eigenvalue weighted by Gasteiger charge is -1.93. The summed E-state index contributed by atoms with van der Waals surface area (Å²) in [5, 5.41) is 7.90. The second-order valence-electron chi connectivity index (χ2n) is 3.92. The van der Waals surface area contributed by atoms with Crippen LogP contribution < -0.4 is 5.73 Å². The molecule has 0 spiro atoms. The first-order valence-corrected chi connectivity index (χ1v) is 5.33. The quantitative estimate of drug-likeness (QED) is 0.737. The minimum atomic E-state index is 0.325. The smallest absolute Gasteiger partial charge is 0.263 e. The van der Waals surface area contributed by atoms with Crippen LogP contribution in [0.25, 0.3) is 23.0 Å². The van der Waals surface area contributed by atoms with Gasteiger partial charge in [-0.2, -0.15) is 10.1 Å². The van der Waals surface area contributed by atoms with Gasteiger partial charge in [-0.15, -0.1) is 0 Å². The molecule has 18 heavy (non-hydrogen) atoms. The SMILES string of the molecule is Cc1ccoc1-c1noc(-c2cnn(C)c2N)n1. The van der Waals surface area contributed by atoms with Gasteiger partial charge in [-0.05, 0) is 18.6 Å². The largest absolute Gasteiger partial charge is 0.461 e. The van der Waals surface area contributed by atoms with E-state index in [-0.39, 0.29) is 0 Å². The summed E-state index contributed by atoms with van der Waals surface area (Å²) in [6.45, 7) is 1.91. The zero-order chi connectivity index (χ0) is 12.7. The highest BCUT2D eigenvalue weighted by atomic mass is 16.5. The highest BCUT2D eigenvalue weighted by Crippen LogP contribution is 2.27. The molecule has 0 fully saturated rings. The predicted octanol–water partition coefficient (Wildman–Crippen LogP) is 1.62. The minimum Gasteiger partial charge on any atom is -0.461 e. The van der Waals surface area contributed by atoms with E-state index in [4.69, 9.17) is 14.7 Å². The number of nitrogen functional groups attached to an aromatic ring is 1. The highest BCUT2D eigenvalue weighted by molar-refractivity contribution is 5.67. The van der Waals surface area contributed by atoms with Crippen LogP contribution in [0.2, 0.25) is 0 Å². The molecule has 0 saturated carbocycles. The number of aromatic nitrogens is 4. The third-order valence-electron chi connectivity index (χ3n) is 2.71. The van der Waals surface area contributed by atoms with Gasteiger partial charge in [0.25, 0.3) is 5.89 Å². The van der Waals surface area contributed by atoms with Crippen LogP contribution in [0.5, 0.6) is 0 Å². The fraction of sp³-hybridized carbons (Fsp3) is 0.182. The number of anilines is 1. The van der Waals surface area contributed by atoms with Gasteiger partial charge >= 0.3 is 0 Å². The monoisotopic (exact) mass is 245 g/mol. The van der Waals surface area contributed by atoms with Crippen LogP contribution in [-0.4, -0.2) is 19.9 Å². The molecule has 92 valence electrons. The maximum atomic E-state index is 5.84. The van der Waals surface area contributed by atoms with Gasteiger partial charge in [0.05, 0.1) is 12.5 Å². The Morgan fingerprint density at radius 2 is 2.22 bits per heavy atom. The molecule has 0 unspecified atom stereocenters. The molecule has 0 aliphatic carbocycles. The lowest BCUT2D eigenvalue weighted by Crippen LogP contribution is -1.98. The van der Waals surface area contributed by atoms with E-state index < -0.39 is 0 Å². The van der Waals surface area contributed by atoms with Crippen LogP contribution in [-0.2, 0) is 7.05 Å². The molecule has 0 saturated heterocycles. The van der Waals surface area contributed by atoms with Crippen LogP contribution in [0, 0.1) is 6.92 Å². The van der Waals surface area contributed by atoms with Crippen LogP contribution in [0.15, 0.2) is 27.5 Å². The lowest BCUT2D eigenvalue weighted by atomic mass is 10.3. The third-order valence-corrected chi connectivity index (χ3v) is 2.71. The summed E-state index contributed by atoms with van der Waals surface area (Å²) < 4.78 is 12.0. The maximum Gasteiger partial charge on any atom is 0.263 e. The number of hydrogen-bond acceptors (Lipinski definition) is 6. The molecule has 3 rings (SSSR count). The summed E-state index contributed by atoms with van der Waals surface area (Å²) in [5.41, 5.74) is 7.40. The van der Waals surface area contributed by atoms with Gasteiger partial charge in [0.2, 0.25) is 5.82 Å². The van der Waals surface area contributed by atoms with Crippen LogP contribution in [0.4, 0.5) is 5.82 Å². The van der Waals surface area contributed by atoms with E-state index in [1.54, 1.807) is 19.5 Å². The summed E-state index contributed by atoms with van der Waals surface area (Å²) in [7, 11) is 1.74. The number of furan rings is 1. The van der Waals surface area contributed by atoms with Crippen molar-refractivity contribution in [2.75, 3.05) is 5.73 Å². The number of hydrogen-bond donors (Lipinski definition) is 1. The Balaban J connectivity index is 2.05. The van der Waals surface area contributed by atoms with Crippen molar-refractivity contribution in [1.82, 2.24) is 19.9 Å². The standard InChI is InChI=1S/C11H11N5O2/c1-6-3-4-17-8(6)10-14-11(18-15-10)7-5-13-16(2)9(7)12/h3-5H,12H2,1-2H3. The molecule has 3 heterocycles. The molecule has 3 aromatic rings. The Labute approximate surface area is 102 Å². The van der Waals surface area contributed by atoms with E-state index in [2.05, 4.69) is 15.2 Å². The summed E-state index contributed by atoms with van der Waals surface area (Å²) in [5.74, 6) is 1.79. The Morgan fingerprint density at radius 1 is 1.39 bits per heavy atom. The number of aryl methyl sites for hydroxylation is 2. The first-order valence-electron chi connectivity index (χ1n) is 5.33. The van der Waals surface area contributed by atoms with E-state index >= 15 is 0 Å². The molecule has 0 aliphatic rings. The van der Waals surface area contributed by atoms with E-state index in [0.717, 1.165) is 5.56 Å². The molecule has 0 bridgehead atoms. The second-order valence-corrected chi connectivity index (χ2v) is 3.92. The van der Waals surface area contributed by atoms with E-state index in [9.17, 15) is 0 Å². The first-order chi connectivity index (χ1) is 8.66. The van der Waals surface area contributed by atoms with Gasteiger partial charge in [0, 0.05) is 7.05 Å². The zero-order valence-electron chi connectivity index (χ0n) is 9.91. The summed E-state index contributed by atoms with van der Waals surface area (Å²) in [4.78, 5) is 4.25. The molecule has 0 aromatic carbocycles. The number of rotatable bonds is 2. The van der Waals surface area contributed by atoms with Crippen molar-refractivity contribution in [1.29, 1.82) is 0 Å². The summed E-state index contributed by atoms with van der Waals surface area (Å²) in [6.07, 6.45) is 3.17. The predicted molar refractivity (Wildman–Crippen MR) is 63.4 cm³/mol. The molecule has 0 amide bonds. The van der Waals surface area contributed by atoms with Gasteiger partial charge in [0.1, 0.15) is 11.4 Å². The van der Waals surface area contributed by atoms with Crippen molar-refractivity contribution in [3.8, 4) is 23.0 Å². The van der Waals surface area contributed by atoms with Crippen molar-refractivity contribution < 1.29 is 8.94 Å². The van der Waals surface area contributed by atoms with Gasteiger partial charge in [0.15, 0.2) is 5.76 Å². The molecular formula is C11H11N5O2. The van der Waals surface area contributed by atoms with Crippen LogP contribution in [0.1, 0.15) is 5.56 Å². The topological polar surface area (TPSA) is 95.9 Å². The van der Waals surface area contributed by atoms with Gasteiger partial charge in [-0.3, -0.25) is 4.68 Å². The molecule has 7 heteroatoms. The normalized spacial score (nSPS) is 11.0. The Kier molecular flexibility index (Phi) is 2.19. The molecule has 7 nitrogen and oxygen atoms in total. The van der Waals surface area contributed by atoms with Crippen LogP contribution in [0.3, 0.4) is 0 Å². The Hall–Kier alpha value is -2.57. The number of nitrogens with two attached hydrogens (primary N) is 1. The summed E-state index contributed by atoms with van der Waals surface area (Å²) >= 11 is 0. The van der Waals surface area contributed by atoms with Crippen molar-refractivity contribution in [3.05, 3.63) is 24.1 Å². The third kappa shape index (κ3) is 1.48. The molecule has 3 aromatic heterocycles. The zero-order valence-corrected chi connectivity index (χ0v) is 9.91. The van der Waals surface area contributed by atoms with E-state index in [1.807, 2.05) is 13.0 Å². The average Bonchev–Trinajstić information content (AvgIpc) is 3.02. The van der Waals surface area contributed by atoms with Crippen molar-refractivity contribution >= 4 is 5.82 Å². The molecular weight excluding hydrogens is 234 g/mol. The van der Waals surface area contributed by atoms with Crippen LogP contribution >= 0.6 is 0 Å². The molecule has 0 aliphatic heterocycles. The minimum absolute atomic E-state index is 0.325. The Bertz CT molecular complexity index is 694. The van der Waals surface area contributed by atoms with E-state index in [1.165, 1.54) is 4.68 Å². The van der Waals surface area contributed by atoms with Crippen molar-refractivity contribution in [3.63, 3.8) is 0 Å².